The molecule has 0 saturated heterocycles. The van der Waals surface area contributed by atoms with Gasteiger partial charge in [0, 0.05) is 18.1 Å². The van der Waals surface area contributed by atoms with Crippen LogP contribution in [-0.2, 0) is 5.41 Å². The van der Waals surface area contributed by atoms with Gasteiger partial charge in [0.1, 0.15) is 0 Å². The number of benzene rings is 2. The van der Waals surface area contributed by atoms with Crippen molar-refractivity contribution in [1.29, 1.82) is 5.26 Å². The summed E-state index contributed by atoms with van der Waals surface area (Å²) in [7, 11) is 0. The molecule has 0 aromatic heterocycles. The third-order valence-electron chi connectivity index (χ3n) is 4.50. The van der Waals surface area contributed by atoms with Crippen LogP contribution in [0.3, 0.4) is 0 Å². The summed E-state index contributed by atoms with van der Waals surface area (Å²) in [4.78, 5) is 10.3. The molecule has 4 heteroatoms. The van der Waals surface area contributed by atoms with E-state index in [1.807, 2.05) is 30.3 Å². The smallest absolute Gasteiger partial charge is 0.258 e. The van der Waals surface area contributed by atoms with Crippen molar-refractivity contribution in [2.75, 3.05) is 0 Å². The number of hydrogen-bond donors (Lipinski definition) is 0. The van der Waals surface area contributed by atoms with Gasteiger partial charge in [-0.2, -0.15) is 5.26 Å². The van der Waals surface area contributed by atoms with Crippen LogP contribution >= 0.6 is 0 Å². The number of nitro groups is 1. The molecule has 0 unspecified atom stereocenters. The summed E-state index contributed by atoms with van der Waals surface area (Å²) in [6, 6.07) is 18.8. The first-order valence-corrected chi connectivity index (χ1v) is 6.82. The SMILES string of the molecule is C[C@H]1[C@H](c2ccc([N+](=O)[O-])cc2)[C@@]1(C#N)c1ccccc1. The first-order valence-electron chi connectivity index (χ1n) is 6.82. The molecule has 104 valence electrons. The molecule has 1 saturated carbocycles. The molecule has 0 spiro atoms. The van der Waals surface area contributed by atoms with Crippen molar-refractivity contribution in [3.63, 3.8) is 0 Å². The van der Waals surface area contributed by atoms with Crippen molar-refractivity contribution >= 4 is 5.69 Å². The van der Waals surface area contributed by atoms with Crippen molar-refractivity contribution in [2.24, 2.45) is 5.92 Å². The van der Waals surface area contributed by atoms with Crippen LogP contribution in [0.15, 0.2) is 54.6 Å². The molecule has 2 aromatic rings. The van der Waals surface area contributed by atoms with Gasteiger partial charge in [0.2, 0.25) is 0 Å². The third kappa shape index (κ3) is 1.90. The van der Waals surface area contributed by atoms with Gasteiger partial charge in [-0.3, -0.25) is 10.1 Å². The molecule has 0 heterocycles. The Bertz CT molecular complexity index is 719. The molecule has 0 radical (unpaired) electrons. The molecule has 1 aliphatic rings. The zero-order valence-electron chi connectivity index (χ0n) is 11.6. The van der Waals surface area contributed by atoms with E-state index in [1.54, 1.807) is 12.1 Å². The zero-order valence-corrected chi connectivity index (χ0v) is 11.6. The van der Waals surface area contributed by atoms with Gasteiger partial charge >= 0.3 is 0 Å². The van der Waals surface area contributed by atoms with Crippen LogP contribution in [0.25, 0.3) is 0 Å². The molecular weight excluding hydrogens is 264 g/mol. The van der Waals surface area contributed by atoms with E-state index in [0.717, 1.165) is 11.1 Å². The summed E-state index contributed by atoms with van der Waals surface area (Å²) >= 11 is 0. The predicted octanol–water partition coefficient (Wildman–Crippen LogP) is 3.79. The highest BCUT2D eigenvalue weighted by Crippen LogP contribution is 2.65. The second-order valence-corrected chi connectivity index (χ2v) is 5.46. The molecule has 1 fully saturated rings. The lowest BCUT2D eigenvalue weighted by Crippen LogP contribution is -2.07. The zero-order chi connectivity index (χ0) is 15.0. The van der Waals surface area contributed by atoms with E-state index in [1.165, 1.54) is 12.1 Å². The van der Waals surface area contributed by atoms with Crippen molar-refractivity contribution in [2.45, 2.75) is 18.3 Å². The van der Waals surface area contributed by atoms with E-state index in [0.29, 0.717) is 0 Å². The number of rotatable bonds is 3. The third-order valence-corrected chi connectivity index (χ3v) is 4.50. The quantitative estimate of drug-likeness (QED) is 0.633. The average molecular weight is 278 g/mol. The van der Waals surface area contributed by atoms with Gasteiger partial charge in [-0.05, 0) is 17.0 Å². The highest BCUT2D eigenvalue weighted by molar-refractivity contribution is 5.52. The minimum Gasteiger partial charge on any atom is -0.258 e. The fourth-order valence-electron chi connectivity index (χ4n) is 3.31. The molecule has 3 rings (SSSR count). The van der Waals surface area contributed by atoms with Gasteiger partial charge in [0.05, 0.1) is 16.4 Å². The van der Waals surface area contributed by atoms with Gasteiger partial charge in [-0.15, -0.1) is 0 Å². The maximum absolute atomic E-state index is 10.7. The molecule has 2 aromatic carbocycles. The molecule has 4 nitrogen and oxygen atoms in total. The van der Waals surface area contributed by atoms with Crippen LogP contribution in [0.2, 0.25) is 0 Å². The van der Waals surface area contributed by atoms with Crippen molar-refractivity contribution in [3.8, 4) is 6.07 Å². The maximum Gasteiger partial charge on any atom is 0.269 e. The maximum atomic E-state index is 10.7. The predicted molar refractivity (Wildman–Crippen MR) is 78.7 cm³/mol. The molecule has 0 N–H and O–H groups in total. The summed E-state index contributed by atoms with van der Waals surface area (Å²) < 4.78 is 0. The lowest BCUT2D eigenvalue weighted by molar-refractivity contribution is -0.384. The van der Waals surface area contributed by atoms with Crippen molar-refractivity contribution in [1.82, 2.24) is 0 Å². The van der Waals surface area contributed by atoms with Gasteiger partial charge in [0.25, 0.3) is 5.69 Å². The van der Waals surface area contributed by atoms with E-state index >= 15 is 0 Å². The van der Waals surface area contributed by atoms with Crippen LogP contribution in [0.4, 0.5) is 5.69 Å². The van der Waals surface area contributed by atoms with Crippen LogP contribution in [0, 0.1) is 27.4 Å². The molecular formula is C17H14N2O2. The lowest BCUT2D eigenvalue weighted by atomic mass is 9.91. The Balaban J connectivity index is 1.97. The number of non-ortho nitro benzene ring substituents is 1. The molecule has 1 aliphatic carbocycles. The Morgan fingerprint density at radius 3 is 2.29 bits per heavy atom. The summed E-state index contributed by atoms with van der Waals surface area (Å²) in [5.41, 5.74) is 1.56. The molecule has 21 heavy (non-hydrogen) atoms. The number of nitriles is 1. The first kappa shape index (κ1) is 13.3. The average Bonchev–Trinajstić information content (AvgIpc) is 3.14. The summed E-state index contributed by atoms with van der Waals surface area (Å²) in [6.07, 6.45) is 0. The summed E-state index contributed by atoms with van der Waals surface area (Å²) in [5, 5.41) is 20.4. The Morgan fingerprint density at radius 2 is 1.76 bits per heavy atom. The van der Waals surface area contributed by atoms with E-state index in [-0.39, 0.29) is 17.5 Å². The Hall–Kier alpha value is -2.67. The molecule has 0 bridgehead atoms. The minimum absolute atomic E-state index is 0.0781. The second-order valence-electron chi connectivity index (χ2n) is 5.46. The van der Waals surface area contributed by atoms with Crippen LogP contribution in [-0.4, -0.2) is 4.92 Å². The van der Waals surface area contributed by atoms with Crippen LogP contribution in [0.5, 0.6) is 0 Å². The summed E-state index contributed by atoms with van der Waals surface area (Å²) in [6.45, 7) is 2.06. The monoisotopic (exact) mass is 278 g/mol. The van der Waals surface area contributed by atoms with Crippen LogP contribution in [0.1, 0.15) is 24.0 Å². The first-order chi connectivity index (χ1) is 10.1. The number of nitrogens with zero attached hydrogens (tertiary/aromatic N) is 2. The van der Waals surface area contributed by atoms with Gasteiger partial charge in [0.15, 0.2) is 0 Å². The van der Waals surface area contributed by atoms with Crippen molar-refractivity contribution < 1.29 is 4.92 Å². The van der Waals surface area contributed by atoms with Gasteiger partial charge in [-0.1, -0.05) is 49.4 Å². The van der Waals surface area contributed by atoms with E-state index in [2.05, 4.69) is 13.0 Å². The standard InChI is InChI=1S/C17H14N2O2/c1-12-16(13-7-9-15(10-8-13)19(20)21)17(12,11-18)14-5-3-2-4-6-14/h2-10,12,16H,1H3/t12-,16+,17+/m0/s1. The number of hydrogen-bond acceptors (Lipinski definition) is 3. The van der Waals surface area contributed by atoms with Crippen LogP contribution < -0.4 is 0 Å². The van der Waals surface area contributed by atoms with Crippen molar-refractivity contribution in [3.05, 3.63) is 75.8 Å². The number of nitro benzene ring substituents is 1. The minimum atomic E-state index is -0.516. The van der Waals surface area contributed by atoms with E-state index in [9.17, 15) is 15.4 Å². The highest BCUT2D eigenvalue weighted by atomic mass is 16.6. The van der Waals surface area contributed by atoms with E-state index < -0.39 is 10.3 Å². The Labute approximate surface area is 122 Å². The molecule has 0 amide bonds. The Kier molecular flexibility index (Phi) is 2.99. The Morgan fingerprint density at radius 1 is 1.14 bits per heavy atom. The fraction of sp³-hybridized carbons (Fsp3) is 0.235. The summed E-state index contributed by atoms with van der Waals surface area (Å²) in [5.74, 6) is 0.289. The van der Waals surface area contributed by atoms with Gasteiger partial charge < -0.3 is 0 Å². The van der Waals surface area contributed by atoms with E-state index in [4.69, 9.17) is 0 Å². The van der Waals surface area contributed by atoms with Gasteiger partial charge in [-0.25, -0.2) is 0 Å². The highest BCUT2D eigenvalue weighted by Gasteiger charge is 2.64. The lowest BCUT2D eigenvalue weighted by Gasteiger charge is -2.09. The topological polar surface area (TPSA) is 66.9 Å². The largest absolute Gasteiger partial charge is 0.269 e. The fourth-order valence-corrected chi connectivity index (χ4v) is 3.31. The second kappa shape index (κ2) is 4.71. The normalized spacial score (nSPS) is 26.9. The molecule has 0 aliphatic heterocycles. The molecule has 3 atom stereocenters.